The first-order valence-corrected chi connectivity index (χ1v) is 8.04. The molecule has 0 unspecified atom stereocenters. The van der Waals surface area contributed by atoms with Crippen LogP contribution >= 0.6 is 11.8 Å². The Hall–Kier alpha value is -1.89. The Balaban J connectivity index is 1.64. The summed E-state index contributed by atoms with van der Waals surface area (Å²) in [5.74, 6) is 0.412. The second-order valence-corrected chi connectivity index (χ2v) is 5.84. The van der Waals surface area contributed by atoms with Gasteiger partial charge in [-0.1, -0.05) is 30.0 Å². The lowest BCUT2D eigenvalue weighted by Crippen LogP contribution is -2.32. The molecule has 1 saturated carbocycles. The zero-order chi connectivity index (χ0) is 14.7. The normalized spacial score (nSPS) is 14.1. The second kappa shape index (κ2) is 6.26. The van der Waals surface area contributed by atoms with Crippen LogP contribution in [0.1, 0.15) is 25.8 Å². The van der Waals surface area contributed by atoms with Gasteiger partial charge in [-0.15, -0.1) is 5.10 Å². The highest BCUT2D eigenvalue weighted by molar-refractivity contribution is 7.99. The molecule has 1 aromatic carbocycles. The summed E-state index contributed by atoms with van der Waals surface area (Å²) in [7, 11) is 0. The zero-order valence-electron chi connectivity index (χ0n) is 11.8. The van der Waals surface area contributed by atoms with E-state index in [1.165, 1.54) is 11.8 Å². The number of tetrazole rings is 1. The molecule has 1 fully saturated rings. The highest BCUT2D eigenvalue weighted by Gasteiger charge is 2.28. The molecule has 0 aliphatic heterocycles. The van der Waals surface area contributed by atoms with Crippen LogP contribution in [0.3, 0.4) is 0 Å². The zero-order valence-corrected chi connectivity index (χ0v) is 12.7. The Kier molecular flexibility index (Phi) is 4.19. The van der Waals surface area contributed by atoms with Gasteiger partial charge in [-0.2, -0.15) is 0 Å². The quantitative estimate of drug-likeness (QED) is 0.765. The molecule has 1 aliphatic rings. The van der Waals surface area contributed by atoms with Crippen LogP contribution in [0, 0.1) is 0 Å². The van der Waals surface area contributed by atoms with Crippen molar-refractivity contribution in [2.24, 2.45) is 0 Å². The van der Waals surface area contributed by atoms with E-state index in [4.69, 9.17) is 0 Å². The maximum absolute atomic E-state index is 12.4. The Morgan fingerprint density at radius 1 is 1.38 bits per heavy atom. The van der Waals surface area contributed by atoms with Crippen LogP contribution < -0.4 is 4.90 Å². The highest BCUT2D eigenvalue weighted by Crippen LogP contribution is 2.36. The lowest BCUT2D eigenvalue weighted by Gasteiger charge is -2.20. The molecule has 0 bridgehead atoms. The maximum atomic E-state index is 12.4. The maximum Gasteiger partial charge on any atom is 0.237 e. The van der Waals surface area contributed by atoms with Crippen molar-refractivity contribution in [2.75, 3.05) is 17.2 Å². The number of rotatable bonds is 6. The van der Waals surface area contributed by atoms with E-state index in [-0.39, 0.29) is 5.91 Å². The Morgan fingerprint density at radius 2 is 2.14 bits per heavy atom. The molecule has 0 radical (unpaired) electrons. The number of benzene rings is 1. The van der Waals surface area contributed by atoms with E-state index in [0.29, 0.717) is 18.3 Å². The minimum Gasteiger partial charge on any atom is -0.312 e. The minimum absolute atomic E-state index is 0.0686. The fraction of sp³-hybridized carbons (Fsp3) is 0.429. The molecule has 1 amide bonds. The van der Waals surface area contributed by atoms with Crippen molar-refractivity contribution < 1.29 is 4.79 Å². The van der Waals surface area contributed by atoms with Crippen molar-refractivity contribution >= 4 is 23.4 Å². The first-order valence-electron chi connectivity index (χ1n) is 7.05. The number of hydrogen-bond acceptors (Lipinski definition) is 5. The van der Waals surface area contributed by atoms with E-state index < -0.39 is 0 Å². The van der Waals surface area contributed by atoms with E-state index in [9.17, 15) is 4.79 Å². The molecule has 3 rings (SSSR count). The van der Waals surface area contributed by atoms with E-state index in [1.807, 2.05) is 41.9 Å². The largest absolute Gasteiger partial charge is 0.312 e. The van der Waals surface area contributed by atoms with E-state index in [2.05, 4.69) is 15.5 Å². The van der Waals surface area contributed by atoms with Gasteiger partial charge >= 0.3 is 0 Å². The van der Waals surface area contributed by atoms with Gasteiger partial charge in [-0.3, -0.25) is 4.79 Å². The summed E-state index contributed by atoms with van der Waals surface area (Å²) < 4.78 is 1.83. The van der Waals surface area contributed by atoms with Gasteiger partial charge in [0.1, 0.15) is 0 Å². The number of para-hydroxylation sites is 1. The first kappa shape index (κ1) is 14.1. The molecule has 0 N–H and O–H groups in total. The van der Waals surface area contributed by atoms with Crippen molar-refractivity contribution in [1.82, 2.24) is 20.2 Å². The van der Waals surface area contributed by atoms with Gasteiger partial charge in [-0.05, 0) is 42.3 Å². The second-order valence-electron chi connectivity index (χ2n) is 4.90. The molecule has 1 aliphatic carbocycles. The lowest BCUT2D eigenvalue weighted by atomic mass is 10.3. The molecule has 0 spiro atoms. The predicted molar refractivity (Wildman–Crippen MR) is 81.3 cm³/mol. The number of aromatic nitrogens is 4. The van der Waals surface area contributed by atoms with Gasteiger partial charge in [0, 0.05) is 12.2 Å². The van der Waals surface area contributed by atoms with Crippen molar-refractivity contribution in [3.8, 4) is 0 Å². The lowest BCUT2D eigenvalue weighted by molar-refractivity contribution is -0.116. The number of anilines is 1. The number of nitrogens with zero attached hydrogens (tertiary/aromatic N) is 5. The number of carbonyl (C=O) groups is 1. The van der Waals surface area contributed by atoms with Crippen molar-refractivity contribution in [1.29, 1.82) is 0 Å². The number of thioether (sulfide) groups is 1. The molecule has 7 heteroatoms. The summed E-state index contributed by atoms with van der Waals surface area (Å²) in [6, 6.07) is 10.1. The molecule has 21 heavy (non-hydrogen) atoms. The van der Waals surface area contributed by atoms with E-state index in [0.717, 1.165) is 23.7 Å². The standard InChI is InChI=1S/C14H17N5OS/c1-2-18(11-6-4-3-5-7-11)13(20)10-21-14-15-16-17-19(14)12-8-9-12/h3-7,12H,2,8-10H2,1H3. The molecule has 0 saturated heterocycles. The topological polar surface area (TPSA) is 63.9 Å². The van der Waals surface area contributed by atoms with Crippen LogP contribution in [0.4, 0.5) is 5.69 Å². The Bertz CT molecular complexity index is 611. The van der Waals surface area contributed by atoms with Gasteiger partial charge in [0.2, 0.25) is 11.1 Å². The predicted octanol–water partition coefficient (Wildman–Crippen LogP) is 2.15. The van der Waals surface area contributed by atoms with Gasteiger partial charge in [0.05, 0.1) is 11.8 Å². The molecule has 1 heterocycles. The monoisotopic (exact) mass is 303 g/mol. The first-order chi connectivity index (χ1) is 10.3. The van der Waals surface area contributed by atoms with Gasteiger partial charge < -0.3 is 4.90 Å². The average Bonchev–Trinajstić information content (AvgIpc) is 3.25. The third-order valence-corrected chi connectivity index (χ3v) is 4.28. The van der Waals surface area contributed by atoms with Gasteiger partial charge in [-0.25, -0.2) is 4.68 Å². The van der Waals surface area contributed by atoms with E-state index >= 15 is 0 Å². The summed E-state index contributed by atoms with van der Waals surface area (Å²) >= 11 is 1.40. The molecule has 6 nitrogen and oxygen atoms in total. The summed E-state index contributed by atoms with van der Waals surface area (Å²) in [6.45, 7) is 2.63. The molecule has 2 aromatic rings. The van der Waals surface area contributed by atoms with Crippen LogP contribution in [-0.4, -0.2) is 38.4 Å². The van der Waals surface area contributed by atoms with Crippen LogP contribution in [0.2, 0.25) is 0 Å². The fourth-order valence-corrected chi connectivity index (χ4v) is 2.96. The summed E-state index contributed by atoms with van der Waals surface area (Å²) in [6.07, 6.45) is 2.25. The van der Waals surface area contributed by atoms with Crippen LogP contribution in [0.5, 0.6) is 0 Å². The third kappa shape index (κ3) is 3.24. The Morgan fingerprint density at radius 3 is 2.81 bits per heavy atom. The van der Waals surface area contributed by atoms with Crippen LogP contribution in [-0.2, 0) is 4.79 Å². The molecule has 0 atom stereocenters. The smallest absolute Gasteiger partial charge is 0.237 e. The summed E-state index contributed by atoms with van der Waals surface area (Å²) in [5, 5.41) is 12.4. The molecular weight excluding hydrogens is 286 g/mol. The van der Waals surface area contributed by atoms with Gasteiger partial charge in [0.25, 0.3) is 0 Å². The van der Waals surface area contributed by atoms with Gasteiger partial charge in [0.15, 0.2) is 0 Å². The third-order valence-electron chi connectivity index (χ3n) is 3.37. The van der Waals surface area contributed by atoms with Crippen molar-refractivity contribution in [3.05, 3.63) is 30.3 Å². The molecular formula is C14H17N5OS. The number of hydrogen-bond donors (Lipinski definition) is 0. The van der Waals surface area contributed by atoms with Crippen molar-refractivity contribution in [2.45, 2.75) is 31.0 Å². The molecule has 1 aromatic heterocycles. The number of amides is 1. The van der Waals surface area contributed by atoms with Crippen LogP contribution in [0.25, 0.3) is 0 Å². The fourth-order valence-electron chi connectivity index (χ4n) is 2.14. The van der Waals surface area contributed by atoms with E-state index in [1.54, 1.807) is 4.90 Å². The van der Waals surface area contributed by atoms with Crippen LogP contribution in [0.15, 0.2) is 35.5 Å². The summed E-state index contributed by atoms with van der Waals surface area (Å²) in [5.41, 5.74) is 0.924. The Labute approximate surface area is 127 Å². The number of carbonyl (C=O) groups excluding carboxylic acids is 1. The SMILES string of the molecule is CCN(C(=O)CSc1nnnn1C1CC1)c1ccccc1. The average molecular weight is 303 g/mol. The molecule has 110 valence electrons. The minimum atomic E-state index is 0.0686. The summed E-state index contributed by atoms with van der Waals surface area (Å²) in [4.78, 5) is 14.2. The van der Waals surface area contributed by atoms with Crippen molar-refractivity contribution in [3.63, 3.8) is 0 Å². The highest BCUT2D eigenvalue weighted by atomic mass is 32.2.